The first-order valence-electron chi connectivity index (χ1n) is 14.1. The number of unbranched alkanes of at least 4 members (excludes halogenated alkanes) is 20. The van der Waals surface area contributed by atoms with Crippen LogP contribution in [0, 0.1) is 0 Å². The van der Waals surface area contributed by atoms with Crippen LogP contribution in [0.3, 0.4) is 0 Å². The second-order valence-corrected chi connectivity index (χ2v) is 9.44. The fraction of sp³-hybridized carbons (Fsp3) is 0.862. The van der Waals surface area contributed by atoms with Crippen LogP contribution in [0.1, 0.15) is 161 Å². The van der Waals surface area contributed by atoms with Gasteiger partial charge in [-0.05, 0) is 25.7 Å². The number of carboxylic acids is 2. The summed E-state index contributed by atoms with van der Waals surface area (Å²) in [5.74, 6) is -1.33. The second kappa shape index (κ2) is 38.5. The molecule has 0 rings (SSSR count). The molecule has 0 spiro atoms. The molecule has 0 atom stereocenters. The largest absolute Gasteiger partial charge is 0.481 e. The van der Waals surface area contributed by atoms with Crippen LogP contribution in [0.25, 0.3) is 0 Å². The Morgan fingerprint density at radius 2 is 0.771 bits per heavy atom. The number of hydrogen-bond donors (Lipinski definition) is 2. The van der Waals surface area contributed by atoms with E-state index in [0.717, 1.165) is 32.1 Å². The molecule has 35 heavy (non-hydrogen) atoms. The zero-order valence-corrected chi connectivity index (χ0v) is 29.3. The Labute approximate surface area is 243 Å². The summed E-state index contributed by atoms with van der Waals surface area (Å²) in [7, 11) is 0. The Morgan fingerprint density at radius 1 is 0.514 bits per heavy atom. The topological polar surface area (TPSA) is 74.6 Å². The van der Waals surface area contributed by atoms with E-state index < -0.39 is 11.9 Å². The Bertz CT molecular complexity index is 431. The van der Waals surface area contributed by atoms with Crippen LogP contribution < -0.4 is 0 Å². The first kappa shape index (κ1) is 42.0. The fourth-order valence-corrected chi connectivity index (χ4v) is 3.92. The zero-order chi connectivity index (χ0) is 24.8. The van der Waals surface area contributed by atoms with E-state index >= 15 is 0 Å². The van der Waals surface area contributed by atoms with Crippen LogP contribution >= 0.6 is 0 Å². The average Bonchev–Trinajstić information content (AvgIpc) is 2.78. The van der Waals surface area contributed by atoms with E-state index in [1.165, 1.54) is 109 Å². The van der Waals surface area contributed by atoms with Crippen molar-refractivity contribution in [1.82, 2.24) is 0 Å². The first-order chi connectivity index (χ1) is 16.0. The number of rotatable bonds is 25. The molecule has 0 aromatic rings. The van der Waals surface area contributed by atoms with Crippen molar-refractivity contribution >= 4 is 11.9 Å². The van der Waals surface area contributed by atoms with Crippen molar-refractivity contribution in [3.05, 3.63) is 12.7 Å². The standard InChI is InChI=1S/C18H36O2.C11H20O2.2Zn/c1-2-3-4-5-6-7-8-9-10-11-12-13-14-15-16-17-18(19)20;1-2-3-4-5-6-7-8-9-10-11(12)13;;/h2-17H2,1H3,(H,19,20);2H,1,3-10H2,(H,12,13);;. The molecule has 0 heterocycles. The van der Waals surface area contributed by atoms with E-state index in [-0.39, 0.29) is 39.0 Å². The van der Waals surface area contributed by atoms with Crippen molar-refractivity contribution in [2.24, 2.45) is 0 Å². The SMILES string of the molecule is C=CCCCCCCCCC(=O)O.CCCCCCCCCCCCCCCCCC(=O)O.[Zn].[Zn]. The van der Waals surface area contributed by atoms with E-state index in [2.05, 4.69) is 13.5 Å². The maximum atomic E-state index is 10.3. The smallest absolute Gasteiger partial charge is 0.303 e. The third-order valence-electron chi connectivity index (χ3n) is 6.04. The minimum atomic E-state index is -0.674. The molecule has 0 amide bonds. The predicted octanol–water partition coefficient (Wildman–Crippen LogP) is 9.71. The van der Waals surface area contributed by atoms with Gasteiger partial charge in [0.1, 0.15) is 0 Å². The van der Waals surface area contributed by atoms with Crippen molar-refractivity contribution < 1.29 is 58.8 Å². The fourth-order valence-electron chi connectivity index (χ4n) is 3.92. The predicted molar refractivity (Wildman–Crippen MR) is 142 cm³/mol. The normalized spacial score (nSPS) is 9.86. The molecule has 6 heteroatoms. The molecule has 0 bridgehead atoms. The summed E-state index contributed by atoms with van der Waals surface area (Å²) in [6, 6.07) is 0. The second-order valence-electron chi connectivity index (χ2n) is 9.44. The molecule has 0 unspecified atom stereocenters. The summed E-state index contributed by atoms with van der Waals surface area (Å²) in [6.45, 7) is 5.93. The molecule has 200 valence electrons. The van der Waals surface area contributed by atoms with Gasteiger partial charge in [0.25, 0.3) is 0 Å². The van der Waals surface area contributed by atoms with Gasteiger partial charge in [0.2, 0.25) is 0 Å². The van der Waals surface area contributed by atoms with Crippen molar-refractivity contribution in [3.63, 3.8) is 0 Å². The number of carbonyl (C=O) groups is 2. The maximum Gasteiger partial charge on any atom is 0.303 e. The molecule has 0 aliphatic rings. The van der Waals surface area contributed by atoms with Crippen LogP contribution in [0.5, 0.6) is 0 Å². The van der Waals surface area contributed by atoms with Gasteiger partial charge in [-0.1, -0.05) is 129 Å². The molecule has 0 saturated carbocycles. The molecule has 0 radical (unpaired) electrons. The van der Waals surface area contributed by atoms with Gasteiger partial charge in [0.15, 0.2) is 0 Å². The number of aliphatic carboxylic acids is 2. The van der Waals surface area contributed by atoms with Crippen LogP contribution in [0.2, 0.25) is 0 Å². The van der Waals surface area contributed by atoms with Crippen LogP contribution in [0.15, 0.2) is 12.7 Å². The van der Waals surface area contributed by atoms with Crippen LogP contribution in [-0.2, 0) is 48.5 Å². The monoisotopic (exact) mass is 596 g/mol. The molecule has 0 aliphatic carbocycles. The van der Waals surface area contributed by atoms with E-state index in [1.54, 1.807) is 0 Å². The van der Waals surface area contributed by atoms with Crippen molar-refractivity contribution in [1.29, 1.82) is 0 Å². The van der Waals surface area contributed by atoms with Gasteiger partial charge in [-0.25, -0.2) is 0 Å². The summed E-state index contributed by atoms with van der Waals surface area (Å²) in [4.78, 5) is 20.5. The summed E-state index contributed by atoms with van der Waals surface area (Å²) in [6.07, 6.45) is 30.3. The minimum absolute atomic E-state index is 0. The number of allylic oxidation sites excluding steroid dienone is 1. The quantitative estimate of drug-likeness (QED) is 0.0623. The van der Waals surface area contributed by atoms with Gasteiger partial charge in [-0.15, -0.1) is 6.58 Å². The molecule has 2 N–H and O–H groups in total. The van der Waals surface area contributed by atoms with Gasteiger partial charge in [-0.2, -0.15) is 0 Å². The van der Waals surface area contributed by atoms with Crippen molar-refractivity contribution in [3.8, 4) is 0 Å². The third kappa shape index (κ3) is 47.7. The minimum Gasteiger partial charge on any atom is -0.481 e. The van der Waals surface area contributed by atoms with Gasteiger partial charge in [-0.3, -0.25) is 9.59 Å². The van der Waals surface area contributed by atoms with Crippen LogP contribution in [0.4, 0.5) is 0 Å². The van der Waals surface area contributed by atoms with Crippen molar-refractivity contribution in [2.75, 3.05) is 0 Å². The third-order valence-corrected chi connectivity index (χ3v) is 6.04. The molecule has 0 aromatic carbocycles. The molecule has 4 nitrogen and oxygen atoms in total. The van der Waals surface area contributed by atoms with Crippen molar-refractivity contribution in [2.45, 2.75) is 161 Å². The van der Waals surface area contributed by atoms with E-state index in [0.29, 0.717) is 12.8 Å². The molecule has 0 aromatic heterocycles. The summed E-state index contributed by atoms with van der Waals surface area (Å²) < 4.78 is 0. The van der Waals surface area contributed by atoms with Gasteiger partial charge in [0.05, 0.1) is 0 Å². The maximum absolute atomic E-state index is 10.3. The first-order valence-corrected chi connectivity index (χ1v) is 14.1. The van der Waals surface area contributed by atoms with Crippen LogP contribution in [-0.4, -0.2) is 22.2 Å². The van der Waals surface area contributed by atoms with Gasteiger partial charge < -0.3 is 10.2 Å². The molecular weight excluding hydrogens is 543 g/mol. The molecule has 0 saturated heterocycles. The Hall–Kier alpha value is -0.0732. The van der Waals surface area contributed by atoms with Gasteiger partial charge in [0, 0.05) is 51.8 Å². The van der Waals surface area contributed by atoms with E-state index in [1.807, 2.05) is 6.08 Å². The van der Waals surface area contributed by atoms with Gasteiger partial charge >= 0.3 is 11.9 Å². The Kier molecular flexibility index (Phi) is 46.2. The Morgan fingerprint density at radius 3 is 1.03 bits per heavy atom. The molecule has 0 fully saturated rings. The van der Waals surface area contributed by atoms with E-state index in [4.69, 9.17) is 10.2 Å². The summed E-state index contributed by atoms with van der Waals surface area (Å²) in [5, 5.41) is 16.9. The van der Waals surface area contributed by atoms with E-state index in [9.17, 15) is 9.59 Å². The number of carboxylic acid groups (broad SMARTS) is 2. The molecule has 0 aliphatic heterocycles. The number of hydrogen-bond acceptors (Lipinski definition) is 2. The summed E-state index contributed by atoms with van der Waals surface area (Å²) >= 11 is 0. The average molecular weight is 600 g/mol. The zero-order valence-electron chi connectivity index (χ0n) is 23.4. The Balaban J connectivity index is -0.000000281. The summed E-state index contributed by atoms with van der Waals surface area (Å²) in [5.41, 5.74) is 0. The molecular formula is C29H56O4Zn2.